The third kappa shape index (κ3) is 3.66. The summed E-state index contributed by atoms with van der Waals surface area (Å²) in [6.45, 7) is 0. The molecule has 1 aromatic carbocycles. The highest BCUT2D eigenvalue weighted by molar-refractivity contribution is 6.30. The molecule has 0 spiro atoms. The van der Waals surface area contributed by atoms with Crippen LogP contribution >= 0.6 is 11.6 Å². The standard InChI is InChI=1S/C14H12ClN3/c1-18(2)8-7-14(12(9-16)10-17)11-3-5-13(15)6-4-11/h3-8H,1-2H3. The summed E-state index contributed by atoms with van der Waals surface area (Å²) in [7, 11) is 3.74. The van der Waals surface area contributed by atoms with Crippen molar-refractivity contribution in [1.82, 2.24) is 4.90 Å². The van der Waals surface area contributed by atoms with E-state index in [1.165, 1.54) is 0 Å². The van der Waals surface area contributed by atoms with Crippen molar-refractivity contribution >= 4 is 17.2 Å². The maximum Gasteiger partial charge on any atom is 0.137 e. The van der Waals surface area contributed by atoms with Crippen molar-refractivity contribution < 1.29 is 0 Å². The van der Waals surface area contributed by atoms with E-state index in [1.807, 2.05) is 31.1 Å². The fraction of sp³-hybridized carbons (Fsp3) is 0.143. The number of rotatable bonds is 3. The highest BCUT2D eigenvalue weighted by Crippen LogP contribution is 2.22. The number of hydrogen-bond acceptors (Lipinski definition) is 3. The van der Waals surface area contributed by atoms with Crippen LogP contribution in [-0.4, -0.2) is 19.0 Å². The third-order valence-electron chi connectivity index (χ3n) is 2.19. The van der Waals surface area contributed by atoms with Crippen LogP contribution in [0.15, 0.2) is 42.1 Å². The largest absolute Gasteiger partial charge is 0.383 e. The van der Waals surface area contributed by atoms with Crippen molar-refractivity contribution in [3.63, 3.8) is 0 Å². The first-order valence-corrected chi connectivity index (χ1v) is 5.61. The molecular formula is C14H12ClN3. The number of benzene rings is 1. The second-order valence-electron chi connectivity index (χ2n) is 3.80. The smallest absolute Gasteiger partial charge is 0.137 e. The SMILES string of the molecule is CN(C)C=CC(=C(C#N)C#N)c1ccc(Cl)cc1. The molecule has 0 atom stereocenters. The van der Waals surface area contributed by atoms with Gasteiger partial charge in [0, 0.05) is 24.7 Å². The minimum Gasteiger partial charge on any atom is -0.383 e. The van der Waals surface area contributed by atoms with Gasteiger partial charge in [-0.3, -0.25) is 0 Å². The van der Waals surface area contributed by atoms with Gasteiger partial charge in [-0.2, -0.15) is 10.5 Å². The van der Waals surface area contributed by atoms with Crippen LogP contribution in [0.5, 0.6) is 0 Å². The monoisotopic (exact) mass is 257 g/mol. The molecule has 0 unspecified atom stereocenters. The van der Waals surface area contributed by atoms with Crippen molar-refractivity contribution in [3.05, 3.63) is 52.7 Å². The van der Waals surface area contributed by atoms with Gasteiger partial charge in [-0.1, -0.05) is 23.7 Å². The predicted octanol–water partition coefficient (Wildman–Crippen LogP) is 3.22. The molecule has 0 aliphatic rings. The molecule has 0 radical (unpaired) electrons. The summed E-state index contributed by atoms with van der Waals surface area (Å²) in [5.41, 5.74) is 1.45. The number of hydrogen-bond donors (Lipinski definition) is 0. The van der Waals surface area contributed by atoms with Gasteiger partial charge in [0.25, 0.3) is 0 Å². The first kappa shape index (κ1) is 13.8. The predicted molar refractivity (Wildman–Crippen MR) is 72.4 cm³/mol. The van der Waals surface area contributed by atoms with Crippen molar-refractivity contribution in [2.24, 2.45) is 0 Å². The van der Waals surface area contributed by atoms with Crippen LogP contribution in [0.3, 0.4) is 0 Å². The van der Waals surface area contributed by atoms with Gasteiger partial charge < -0.3 is 4.90 Å². The highest BCUT2D eigenvalue weighted by atomic mass is 35.5. The van der Waals surface area contributed by atoms with Gasteiger partial charge >= 0.3 is 0 Å². The van der Waals surface area contributed by atoms with Gasteiger partial charge in [0.2, 0.25) is 0 Å². The average Bonchev–Trinajstić information content (AvgIpc) is 2.35. The Morgan fingerprint density at radius 3 is 2.17 bits per heavy atom. The van der Waals surface area contributed by atoms with Crippen molar-refractivity contribution in [2.75, 3.05) is 14.1 Å². The minimum atomic E-state index is 0.0791. The van der Waals surface area contributed by atoms with Crippen LogP contribution in [-0.2, 0) is 0 Å². The Morgan fingerprint density at radius 1 is 1.17 bits per heavy atom. The first-order valence-electron chi connectivity index (χ1n) is 5.23. The van der Waals surface area contributed by atoms with Gasteiger partial charge in [-0.05, 0) is 30.0 Å². The molecule has 0 N–H and O–H groups in total. The van der Waals surface area contributed by atoms with E-state index in [9.17, 15) is 0 Å². The second-order valence-corrected chi connectivity index (χ2v) is 4.23. The Bertz CT molecular complexity index is 538. The Labute approximate surface area is 112 Å². The quantitative estimate of drug-likeness (QED) is 0.617. The summed E-state index contributed by atoms with van der Waals surface area (Å²) >= 11 is 5.82. The minimum absolute atomic E-state index is 0.0791. The lowest BCUT2D eigenvalue weighted by Crippen LogP contribution is -2.00. The molecule has 90 valence electrons. The van der Waals surface area contributed by atoms with E-state index >= 15 is 0 Å². The van der Waals surface area contributed by atoms with Gasteiger partial charge in [-0.15, -0.1) is 0 Å². The summed E-state index contributed by atoms with van der Waals surface area (Å²) in [6, 6.07) is 10.8. The molecule has 1 rings (SSSR count). The normalized spacial score (nSPS) is 9.61. The number of halogens is 1. The molecule has 0 fully saturated rings. The van der Waals surface area contributed by atoms with Crippen molar-refractivity contribution in [3.8, 4) is 12.1 Å². The lowest BCUT2D eigenvalue weighted by Gasteiger charge is -2.06. The topological polar surface area (TPSA) is 50.8 Å². The van der Waals surface area contributed by atoms with Crippen LogP contribution in [0, 0.1) is 22.7 Å². The molecule has 0 aliphatic heterocycles. The van der Waals surface area contributed by atoms with Crippen molar-refractivity contribution in [2.45, 2.75) is 0 Å². The zero-order valence-electron chi connectivity index (χ0n) is 10.2. The Balaban J connectivity index is 3.31. The highest BCUT2D eigenvalue weighted by Gasteiger charge is 2.06. The molecule has 4 heteroatoms. The molecule has 0 amide bonds. The summed E-state index contributed by atoms with van der Waals surface area (Å²) in [5, 5.41) is 18.6. The van der Waals surface area contributed by atoms with E-state index in [1.54, 1.807) is 36.5 Å². The van der Waals surface area contributed by atoms with Crippen LogP contribution in [0.4, 0.5) is 0 Å². The summed E-state index contributed by atoms with van der Waals surface area (Å²) in [4.78, 5) is 1.84. The third-order valence-corrected chi connectivity index (χ3v) is 2.44. The lowest BCUT2D eigenvalue weighted by atomic mass is 10.0. The second kappa shape index (κ2) is 6.49. The molecule has 0 saturated heterocycles. The number of allylic oxidation sites excluding steroid dienone is 3. The lowest BCUT2D eigenvalue weighted by molar-refractivity contribution is 0.564. The van der Waals surface area contributed by atoms with Crippen molar-refractivity contribution in [1.29, 1.82) is 10.5 Å². The Kier molecular flexibility index (Phi) is 4.99. The molecule has 3 nitrogen and oxygen atoms in total. The maximum absolute atomic E-state index is 8.97. The fourth-order valence-corrected chi connectivity index (χ4v) is 1.45. The maximum atomic E-state index is 8.97. The molecule has 1 aromatic rings. The van der Waals surface area contributed by atoms with Crippen LogP contribution in [0.25, 0.3) is 5.57 Å². The number of nitriles is 2. The van der Waals surface area contributed by atoms with Gasteiger partial charge in [-0.25, -0.2) is 0 Å². The number of nitrogens with zero attached hydrogens (tertiary/aromatic N) is 3. The zero-order valence-corrected chi connectivity index (χ0v) is 10.9. The molecule has 0 bridgehead atoms. The van der Waals surface area contributed by atoms with Crippen LogP contribution in [0.1, 0.15) is 5.56 Å². The van der Waals surface area contributed by atoms with E-state index in [0.717, 1.165) is 5.56 Å². The Hall–Kier alpha value is -2.23. The van der Waals surface area contributed by atoms with E-state index in [2.05, 4.69) is 0 Å². The first-order chi connectivity index (χ1) is 8.58. The van der Waals surface area contributed by atoms with E-state index < -0.39 is 0 Å². The van der Waals surface area contributed by atoms with E-state index in [-0.39, 0.29) is 5.57 Å². The van der Waals surface area contributed by atoms with E-state index in [4.69, 9.17) is 22.1 Å². The molecule has 0 aromatic heterocycles. The average molecular weight is 258 g/mol. The summed E-state index contributed by atoms with van der Waals surface area (Å²) in [5.74, 6) is 0. The van der Waals surface area contributed by atoms with Gasteiger partial charge in [0.05, 0.1) is 0 Å². The Morgan fingerprint density at radius 2 is 1.72 bits per heavy atom. The van der Waals surface area contributed by atoms with Gasteiger partial charge in [0.1, 0.15) is 17.7 Å². The van der Waals surface area contributed by atoms with Gasteiger partial charge in [0.15, 0.2) is 0 Å². The molecule has 18 heavy (non-hydrogen) atoms. The van der Waals surface area contributed by atoms with Crippen LogP contribution < -0.4 is 0 Å². The fourth-order valence-electron chi connectivity index (χ4n) is 1.32. The molecule has 0 heterocycles. The molecule has 0 saturated carbocycles. The zero-order chi connectivity index (χ0) is 13.5. The molecule has 0 aliphatic carbocycles. The molecular weight excluding hydrogens is 246 g/mol. The van der Waals surface area contributed by atoms with E-state index in [0.29, 0.717) is 10.6 Å². The summed E-state index contributed by atoms with van der Waals surface area (Å²) in [6.07, 6.45) is 3.53. The summed E-state index contributed by atoms with van der Waals surface area (Å²) < 4.78 is 0. The van der Waals surface area contributed by atoms with Crippen LogP contribution in [0.2, 0.25) is 5.02 Å².